The largest absolute Gasteiger partial charge is 0.369 e. The summed E-state index contributed by atoms with van der Waals surface area (Å²) in [5.74, 6) is 2.33. The van der Waals surface area contributed by atoms with Crippen molar-refractivity contribution in [1.82, 2.24) is 10.3 Å². The fraction of sp³-hybridized carbons (Fsp3) is 0.667. The van der Waals surface area contributed by atoms with E-state index in [1.807, 2.05) is 18.0 Å². The number of hydrogen-bond acceptors (Lipinski definition) is 5. The van der Waals surface area contributed by atoms with Crippen LogP contribution >= 0.6 is 11.6 Å². The number of pyridine rings is 1. The van der Waals surface area contributed by atoms with Crippen LogP contribution in [0, 0.1) is 29.1 Å². The van der Waals surface area contributed by atoms with E-state index >= 15 is 0 Å². The second kappa shape index (κ2) is 9.00. The second-order valence-corrected chi connectivity index (χ2v) is 9.17. The number of piperidine rings is 1. The molecule has 152 valence electrons. The van der Waals surface area contributed by atoms with Gasteiger partial charge in [-0.25, -0.2) is 4.98 Å². The molecule has 3 rings (SSSR count). The number of nitrogens with one attached hydrogen (secondary N) is 2. The molecule has 4 unspecified atom stereocenters. The molecule has 2 N–H and O–H groups in total. The quantitative estimate of drug-likeness (QED) is 0.711. The number of halogens is 1. The smallest absolute Gasteiger partial charge is 0.225 e. The van der Waals surface area contributed by atoms with E-state index in [9.17, 15) is 10.1 Å². The van der Waals surface area contributed by atoms with Crippen molar-refractivity contribution in [2.24, 2.45) is 17.8 Å². The summed E-state index contributed by atoms with van der Waals surface area (Å²) in [7, 11) is 1.95. The van der Waals surface area contributed by atoms with Crippen molar-refractivity contribution >= 4 is 29.1 Å². The Morgan fingerprint density at radius 2 is 2.18 bits per heavy atom. The predicted octanol–water partition coefficient (Wildman–Crippen LogP) is 3.37. The summed E-state index contributed by atoms with van der Waals surface area (Å²) in [5, 5.41) is 16.1. The topological polar surface area (TPSA) is 81.1 Å². The summed E-state index contributed by atoms with van der Waals surface area (Å²) in [5.41, 5.74) is 0.558. The molecular weight excluding hydrogens is 374 g/mol. The van der Waals surface area contributed by atoms with E-state index in [2.05, 4.69) is 35.5 Å². The highest BCUT2D eigenvalue weighted by atomic mass is 35.5. The van der Waals surface area contributed by atoms with Crippen LogP contribution in [0.5, 0.6) is 0 Å². The van der Waals surface area contributed by atoms with E-state index in [4.69, 9.17) is 11.6 Å². The van der Waals surface area contributed by atoms with Crippen LogP contribution in [0.1, 0.15) is 45.1 Å². The van der Waals surface area contributed by atoms with Crippen molar-refractivity contribution < 1.29 is 4.79 Å². The molecule has 2 fully saturated rings. The highest BCUT2D eigenvalue weighted by Crippen LogP contribution is 2.35. The van der Waals surface area contributed by atoms with Gasteiger partial charge in [-0.2, -0.15) is 5.26 Å². The number of carbonyl (C=O) groups is 1. The van der Waals surface area contributed by atoms with Gasteiger partial charge in [0.05, 0.1) is 11.5 Å². The first kappa shape index (κ1) is 20.7. The van der Waals surface area contributed by atoms with Crippen LogP contribution < -0.4 is 15.5 Å². The Morgan fingerprint density at radius 3 is 2.89 bits per heavy atom. The lowest BCUT2D eigenvalue weighted by atomic mass is 9.75. The number of hydrogen-bond donors (Lipinski definition) is 2. The van der Waals surface area contributed by atoms with Crippen LogP contribution in [0.4, 0.5) is 11.6 Å². The Balaban J connectivity index is 1.65. The lowest BCUT2D eigenvalue weighted by Crippen LogP contribution is -2.53. The summed E-state index contributed by atoms with van der Waals surface area (Å²) in [6.07, 6.45) is 3.80. The molecule has 2 aliphatic rings. The molecule has 0 bridgehead atoms. The minimum Gasteiger partial charge on any atom is -0.369 e. The summed E-state index contributed by atoms with van der Waals surface area (Å²) in [6, 6.07) is 6.10. The standard InChI is InChI=1S/C21H30ClN5O/c1-13(2)12-27(3)20-14(10-23)4-7-19(26-20)24-11-16-8-15-9-17(22)5-6-18(15)25-21(16)28/h4,7,13,15-18H,5-6,8-9,11-12H2,1-3H3,(H,24,26)(H,25,28). The molecule has 1 aliphatic heterocycles. The number of amides is 1. The third-order valence-electron chi connectivity index (χ3n) is 5.73. The number of rotatable bonds is 6. The number of carbonyl (C=O) groups excluding carboxylic acids is 1. The molecule has 28 heavy (non-hydrogen) atoms. The Hall–Kier alpha value is -2.00. The summed E-state index contributed by atoms with van der Waals surface area (Å²) >= 11 is 6.34. The number of alkyl halides is 1. The molecule has 1 aromatic heterocycles. The Morgan fingerprint density at radius 1 is 1.39 bits per heavy atom. The summed E-state index contributed by atoms with van der Waals surface area (Å²) in [4.78, 5) is 19.1. The number of nitrogens with zero attached hydrogens (tertiary/aromatic N) is 3. The first-order valence-electron chi connectivity index (χ1n) is 10.2. The molecular formula is C21H30ClN5O. The lowest BCUT2D eigenvalue weighted by Gasteiger charge is -2.41. The predicted molar refractivity (Wildman–Crippen MR) is 113 cm³/mol. The van der Waals surface area contributed by atoms with Crippen molar-refractivity contribution in [3.05, 3.63) is 17.7 Å². The van der Waals surface area contributed by atoms with Crippen molar-refractivity contribution in [2.75, 3.05) is 30.4 Å². The van der Waals surface area contributed by atoms with Gasteiger partial charge in [0.1, 0.15) is 17.7 Å². The molecule has 1 saturated carbocycles. The SMILES string of the molecule is CC(C)CN(C)c1nc(NCC2CC3CC(Cl)CCC3NC2=O)ccc1C#N. The molecule has 1 saturated heterocycles. The van der Waals surface area contributed by atoms with Crippen LogP contribution in [-0.2, 0) is 4.79 Å². The van der Waals surface area contributed by atoms with Crippen LogP contribution in [-0.4, -0.2) is 42.4 Å². The number of aromatic nitrogens is 1. The van der Waals surface area contributed by atoms with Crippen LogP contribution in [0.15, 0.2) is 12.1 Å². The molecule has 4 atom stereocenters. The minimum absolute atomic E-state index is 0.0856. The molecule has 1 aliphatic carbocycles. The maximum absolute atomic E-state index is 12.5. The Labute approximate surface area is 172 Å². The minimum atomic E-state index is -0.0856. The van der Waals surface area contributed by atoms with Gasteiger partial charge in [-0.15, -0.1) is 11.6 Å². The van der Waals surface area contributed by atoms with Gasteiger partial charge < -0.3 is 15.5 Å². The Bertz CT molecular complexity index is 747. The van der Waals surface area contributed by atoms with Gasteiger partial charge in [0.2, 0.25) is 5.91 Å². The van der Waals surface area contributed by atoms with E-state index in [0.29, 0.717) is 35.6 Å². The van der Waals surface area contributed by atoms with E-state index in [0.717, 1.165) is 32.2 Å². The van der Waals surface area contributed by atoms with Crippen molar-refractivity contribution in [3.63, 3.8) is 0 Å². The Kier molecular flexibility index (Phi) is 6.66. The third kappa shape index (κ3) is 4.88. The monoisotopic (exact) mass is 403 g/mol. The fourth-order valence-electron chi connectivity index (χ4n) is 4.39. The molecule has 1 amide bonds. The van der Waals surface area contributed by atoms with Crippen LogP contribution in [0.2, 0.25) is 0 Å². The van der Waals surface area contributed by atoms with Crippen LogP contribution in [0.3, 0.4) is 0 Å². The maximum atomic E-state index is 12.5. The highest BCUT2D eigenvalue weighted by Gasteiger charge is 2.38. The third-order valence-corrected chi connectivity index (χ3v) is 6.13. The summed E-state index contributed by atoms with van der Waals surface area (Å²) < 4.78 is 0. The number of anilines is 2. The fourth-order valence-corrected chi connectivity index (χ4v) is 4.75. The zero-order chi connectivity index (χ0) is 20.3. The highest BCUT2D eigenvalue weighted by molar-refractivity contribution is 6.20. The number of fused-ring (bicyclic) bond motifs is 1. The van der Waals surface area contributed by atoms with E-state index < -0.39 is 0 Å². The molecule has 6 nitrogen and oxygen atoms in total. The van der Waals surface area contributed by atoms with Crippen molar-refractivity contribution in [3.8, 4) is 6.07 Å². The number of nitriles is 1. The first-order chi connectivity index (χ1) is 13.4. The zero-order valence-electron chi connectivity index (χ0n) is 16.9. The molecule has 2 heterocycles. The maximum Gasteiger partial charge on any atom is 0.225 e. The van der Waals surface area contributed by atoms with Gasteiger partial charge in [0.25, 0.3) is 0 Å². The molecule has 7 heteroatoms. The molecule has 0 spiro atoms. The van der Waals surface area contributed by atoms with Gasteiger partial charge in [-0.1, -0.05) is 13.8 Å². The average molecular weight is 404 g/mol. The van der Waals surface area contributed by atoms with Gasteiger partial charge in [0, 0.05) is 31.6 Å². The normalized spacial score (nSPS) is 26.9. The van der Waals surface area contributed by atoms with Crippen molar-refractivity contribution in [2.45, 2.75) is 50.9 Å². The molecule has 1 aromatic rings. The van der Waals surface area contributed by atoms with Gasteiger partial charge >= 0.3 is 0 Å². The summed E-state index contributed by atoms with van der Waals surface area (Å²) in [6.45, 7) is 5.62. The van der Waals surface area contributed by atoms with Gasteiger partial charge in [-0.05, 0) is 49.7 Å². The van der Waals surface area contributed by atoms with E-state index in [1.165, 1.54) is 0 Å². The second-order valence-electron chi connectivity index (χ2n) is 8.55. The lowest BCUT2D eigenvalue weighted by molar-refractivity contribution is -0.129. The first-order valence-corrected chi connectivity index (χ1v) is 10.6. The average Bonchev–Trinajstić information content (AvgIpc) is 2.66. The van der Waals surface area contributed by atoms with E-state index in [-0.39, 0.29) is 23.2 Å². The van der Waals surface area contributed by atoms with Gasteiger partial charge in [0.15, 0.2) is 0 Å². The zero-order valence-corrected chi connectivity index (χ0v) is 17.7. The van der Waals surface area contributed by atoms with E-state index in [1.54, 1.807) is 6.07 Å². The molecule has 0 radical (unpaired) electrons. The van der Waals surface area contributed by atoms with Gasteiger partial charge in [-0.3, -0.25) is 4.79 Å². The van der Waals surface area contributed by atoms with Crippen molar-refractivity contribution in [1.29, 1.82) is 5.26 Å². The molecule has 0 aromatic carbocycles. The van der Waals surface area contributed by atoms with Crippen LogP contribution in [0.25, 0.3) is 0 Å².